The normalized spacial score (nSPS) is 11.9. The smallest absolute Gasteiger partial charge is 0.224 e. The van der Waals surface area contributed by atoms with Gasteiger partial charge >= 0.3 is 0 Å². The summed E-state index contributed by atoms with van der Waals surface area (Å²) in [6.07, 6.45) is 0.521. The Morgan fingerprint density at radius 2 is 2.29 bits per heavy atom. The molecule has 1 aromatic carbocycles. The minimum absolute atomic E-state index is 0.0427. The van der Waals surface area contributed by atoms with Crippen molar-refractivity contribution in [2.75, 3.05) is 13.7 Å². The van der Waals surface area contributed by atoms with Crippen LogP contribution in [0.25, 0.3) is 0 Å². The number of carbonyl (C=O) groups is 1. The van der Waals surface area contributed by atoms with Gasteiger partial charge in [0.15, 0.2) is 0 Å². The van der Waals surface area contributed by atoms with Crippen LogP contribution in [0.3, 0.4) is 0 Å². The van der Waals surface area contributed by atoms with Crippen molar-refractivity contribution >= 4 is 5.91 Å². The second-order valence-electron chi connectivity index (χ2n) is 4.02. The van der Waals surface area contributed by atoms with Crippen LogP contribution in [-0.4, -0.2) is 30.8 Å². The first-order chi connectivity index (χ1) is 8.11. The zero-order chi connectivity index (χ0) is 12.7. The average Bonchev–Trinajstić information content (AvgIpc) is 2.28. The number of hydrogen-bond donors (Lipinski definition) is 2. The van der Waals surface area contributed by atoms with Gasteiger partial charge in [0.05, 0.1) is 19.6 Å². The van der Waals surface area contributed by atoms with Crippen LogP contribution in [0.15, 0.2) is 24.3 Å². The summed E-state index contributed by atoms with van der Waals surface area (Å²) in [4.78, 5) is 11.6. The molecule has 0 spiro atoms. The molecule has 1 atom stereocenters. The predicted molar refractivity (Wildman–Crippen MR) is 66.0 cm³/mol. The monoisotopic (exact) mass is 237 g/mol. The maximum atomic E-state index is 11.6. The van der Waals surface area contributed by atoms with Gasteiger partial charge in [-0.15, -0.1) is 0 Å². The number of aliphatic hydroxyl groups is 1. The Labute approximate surface area is 102 Å². The minimum atomic E-state index is -0.382. The molecule has 0 bridgehead atoms. The molecule has 17 heavy (non-hydrogen) atoms. The quantitative estimate of drug-likeness (QED) is 0.779. The lowest BCUT2D eigenvalue weighted by Crippen LogP contribution is -2.27. The summed E-state index contributed by atoms with van der Waals surface area (Å²) in [7, 11) is 1.60. The lowest BCUT2D eigenvalue weighted by molar-refractivity contribution is -0.120. The van der Waals surface area contributed by atoms with E-state index in [1.54, 1.807) is 14.0 Å². The van der Waals surface area contributed by atoms with Crippen molar-refractivity contribution < 1.29 is 14.6 Å². The number of ether oxygens (including phenoxy) is 1. The molecule has 94 valence electrons. The number of methoxy groups -OCH3 is 1. The summed E-state index contributed by atoms with van der Waals surface area (Å²) in [5.41, 5.74) is 0.916. The van der Waals surface area contributed by atoms with Crippen LogP contribution in [0.1, 0.15) is 18.9 Å². The van der Waals surface area contributed by atoms with Gasteiger partial charge in [0.25, 0.3) is 0 Å². The van der Waals surface area contributed by atoms with E-state index in [9.17, 15) is 4.79 Å². The standard InChI is InChI=1S/C13H19NO3/c1-10(15)6-7-14-13(16)9-11-4-3-5-12(8-11)17-2/h3-5,8,10,15H,6-7,9H2,1-2H3,(H,14,16). The highest BCUT2D eigenvalue weighted by Gasteiger charge is 2.04. The van der Waals surface area contributed by atoms with Crippen molar-refractivity contribution in [3.63, 3.8) is 0 Å². The van der Waals surface area contributed by atoms with Crippen molar-refractivity contribution in [2.45, 2.75) is 25.9 Å². The molecule has 1 unspecified atom stereocenters. The van der Waals surface area contributed by atoms with E-state index in [1.165, 1.54) is 0 Å². The first kappa shape index (κ1) is 13.5. The average molecular weight is 237 g/mol. The molecule has 1 rings (SSSR count). The van der Waals surface area contributed by atoms with Crippen LogP contribution < -0.4 is 10.1 Å². The maximum absolute atomic E-state index is 11.6. The zero-order valence-electron chi connectivity index (χ0n) is 10.3. The largest absolute Gasteiger partial charge is 0.497 e. The van der Waals surface area contributed by atoms with E-state index in [2.05, 4.69) is 5.32 Å². The summed E-state index contributed by atoms with van der Waals surface area (Å²) in [5.74, 6) is 0.707. The first-order valence-electron chi connectivity index (χ1n) is 5.69. The first-order valence-corrected chi connectivity index (χ1v) is 5.69. The molecular formula is C13H19NO3. The molecule has 0 saturated heterocycles. The molecule has 0 fully saturated rings. The van der Waals surface area contributed by atoms with E-state index in [4.69, 9.17) is 9.84 Å². The van der Waals surface area contributed by atoms with Crippen molar-refractivity contribution in [1.29, 1.82) is 0 Å². The van der Waals surface area contributed by atoms with Crippen molar-refractivity contribution in [2.24, 2.45) is 0 Å². The Morgan fingerprint density at radius 1 is 1.53 bits per heavy atom. The molecule has 0 aromatic heterocycles. The molecule has 0 aliphatic heterocycles. The number of amides is 1. The Balaban J connectivity index is 2.39. The van der Waals surface area contributed by atoms with Gasteiger partial charge < -0.3 is 15.2 Å². The molecule has 0 saturated carbocycles. The second-order valence-corrected chi connectivity index (χ2v) is 4.02. The Hall–Kier alpha value is -1.55. The SMILES string of the molecule is COc1cccc(CC(=O)NCCC(C)O)c1. The third-order valence-corrected chi connectivity index (χ3v) is 2.38. The van der Waals surface area contributed by atoms with Crippen LogP contribution in [0.4, 0.5) is 0 Å². The maximum Gasteiger partial charge on any atom is 0.224 e. The van der Waals surface area contributed by atoms with E-state index in [1.807, 2.05) is 24.3 Å². The predicted octanol–water partition coefficient (Wildman–Crippen LogP) is 1.12. The van der Waals surface area contributed by atoms with Crippen molar-refractivity contribution in [3.05, 3.63) is 29.8 Å². The fraction of sp³-hybridized carbons (Fsp3) is 0.462. The van der Waals surface area contributed by atoms with E-state index >= 15 is 0 Å². The van der Waals surface area contributed by atoms with Gasteiger partial charge in [-0.3, -0.25) is 4.79 Å². The van der Waals surface area contributed by atoms with E-state index in [0.29, 0.717) is 19.4 Å². The summed E-state index contributed by atoms with van der Waals surface area (Å²) < 4.78 is 5.08. The molecule has 1 amide bonds. The van der Waals surface area contributed by atoms with Crippen LogP contribution in [0.2, 0.25) is 0 Å². The van der Waals surface area contributed by atoms with Crippen LogP contribution >= 0.6 is 0 Å². The Bertz CT molecular complexity index is 363. The molecule has 1 aromatic rings. The van der Waals surface area contributed by atoms with Gasteiger partial charge in [0, 0.05) is 6.54 Å². The lowest BCUT2D eigenvalue weighted by Gasteiger charge is -2.07. The number of carbonyl (C=O) groups excluding carboxylic acids is 1. The molecule has 0 aliphatic carbocycles. The molecule has 0 radical (unpaired) electrons. The fourth-order valence-corrected chi connectivity index (χ4v) is 1.45. The molecule has 0 heterocycles. The van der Waals surface area contributed by atoms with Gasteiger partial charge in [-0.05, 0) is 31.0 Å². The number of aliphatic hydroxyl groups excluding tert-OH is 1. The Morgan fingerprint density at radius 3 is 2.94 bits per heavy atom. The fourth-order valence-electron chi connectivity index (χ4n) is 1.45. The van der Waals surface area contributed by atoms with Gasteiger partial charge in [-0.1, -0.05) is 12.1 Å². The summed E-state index contributed by atoms with van der Waals surface area (Å²) in [5, 5.41) is 11.8. The van der Waals surface area contributed by atoms with Gasteiger partial charge in [0.1, 0.15) is 5.75 Å². The summed E-state index contributed by atoms with van der Waals surface area (Å²) in [6.45, 7) is 2.20. The highest BCUT2D eigenvalue weighted by atomic mass is 16.5. The number of benzene rings is 1. The van der Waals surface area contributed by atoms with E-state index in [0.717, 1.165) is 11.3 Å². The highest BCUT2D eigenvalue weighted by Crippen LogP contribution is 2.12. The second kappa shape index (κ2) is 6.91. The molecule has 4 nitrogen and oxygen atoms in total. The van der Waals surface area contributed by atoms with Gasteiger partial charge in [-0.25, -0.2) is 0 Å². The summed E-state index contributed by atoms with van der Waals surface area (Å²) in [6, 6.07) is 7.43. The Kier molecular flexibility index (Phi) is 5.49. The van der Waals surface area contributed by atoms with Crippen LogP contribution in [0.5, 0.6) is 5.75 Å². The van der Waals surface area contributed by atoms with Crippen LogP contribution in [0, 0.1) is 0 Å². The topological polar surface area (TPSA) is 58.6 Å². The van der Waals surface area contributed by atoms with Gasteiger partial charge in [-0.2, -0.15) is 0 Å². The summed E-state index contributed by atoms with van der Waals surface area (Å²) >= 11 is 0. The number of rotatable bonds is 6. The molecular weight excluding hydrogens is 218 g/mol. The zero-order valence-corrected chi connectivity index (χ0v) is 10.3. The van der Waals surface area contributed by atoms with Crippen molar-refractivity contribution in [3.8, 4) is 5.75 Å². The molecule has 2 N–H and O–H groups in total. The third-order valence-electron chi connectivity index (χ3n) is 2.38. The lowest BCUT2D eigenvalue weighted by atomic mass is 10.1. The highest BCUT2D eigenvalue weighted by molar-refractivity contribution is 5.78. The molecule has 4 heteroatoms. The van der Waals surface area contributed by atoms with E-state index < -0.39 is 0 Å². The van der Waals surface area contributed by atoms with Crippen LogP contribution in [-0.2, 0) is 11.2 Å². The molecule has 0 aliphatic rings. The third kappa shape index (κ3) is 5.36. The number of hydrogen-bond acceptors (Lipinski definition) is 3. The van der Waals surface area contributed by atoms with E-state index in [-0.39, 0.29) is 12.0 Å². The number of nitrogens with one attached hydrogen (secondary N) is 1. The van der Waals surface area contributed by atoms with Crippen molar-refractivity contribution in [1.82, 2.24) is 5.32 Å². The van der Waals surface area contributed by atoms with Gasteiger partial charge in [0.2, 0.25) is 5.91 Å². The minimum Gasteiger partial charge on any atom is -0.497 e.